The summed E-state index contributed by atoms with van der Waals surface area (Å²) in [6, 6.07) is 5.40. The van der Waals surface area contributed by atoms with E-state index >= 15 is 0 Å². The summed E-state index contributed by atoms with van der Waals surface area (Å²) in [4.78, 5) is 15.4. The fraction of sp³-hybridized carbons (Fsp3) is 0.417. The third kappa shape index (κ3) is 2.45. The number of nitrogens with two attached hydrogens (primary N) is 1. The molecule has 1 aromatic carbocycles. The number of carbonyl (C=O) groups excluding carboxylic acids is 1. The maximum absolute atomic E-state index is 11.9. The molecule has 4 heteroatoms. The Morgan fingerprint density at radius 1 is 1.31 bits per heavy atom. The SMILES string of the molecule is CCN(C)C(=O)c1ccc(N(C)C)c(N)c1. The summed E-state index contributed by atoms with van der Waals surface area (Å²) in [6.45, 7) is 2.63. The third-order valence-corrected chi connectivity index (χ3v) is 2.58. The Labute approximate surface area is 96.6 Å². The van der Waals surface area contributed by atoms with Crippen LogP contribution in [0, 0.1) is 0 Å². The molecule has 0 spiro atoms. The van der Waals surface area contributed by atoms with E-state index in [9.17, 15) is 4.79 Å². The number of hydrogen-bond donors (Lipinski definition) is 1. The van der Waals surface area contributed by atoms with Gasteiger partial charge in [-0.2, -0.15) is 0 Å². The molecule has 2 N–H and O–H groups in total. The predicted molar refractivity (Wildman–Crippen MR) is 67.8 cm³/mol. The van der Waals surface area contributed by atoms with Gasteiger partial charge in [0.25, 0.3) is 5.91 Å². The molecule has 0 aromatic heterocycles. The molecule has 0 unspecified atom stereocenters. The number of carbonyl (C=O) groups is 1. The van der Waals surface area contributed by atoms with Crippen molar-refractivity contribution in [2.45, 2.75) is 6.92 Å². The van der Waals surface area contributed by atoms with Gasteiger partial charge < -0.3 is 15.5 Å². The molecule has 0 heterocycles. The second-order valence-electron chi connectivity index (χ2n) is 3.99. The van der Waals surface area contributed by atoms with Crippen molar-refractivity contribution in [3.8, 4) is 0 Å². The van der Waals surface area contributed by atoms with Crippen LogP contribution in [-0.4, -0.2) is 38.5 Å². The number of anilines is 2. The molecule has 0 atom stereocenters. The van der Waals surface area contributed by atoms with Crippen molar-refractivity contribution < 1.29 is 4.79 Å². The molecule has 16 heavy (non-hydrogen) atoms. The molecule has 0 fully saturated rings. The van der Waals surface area contributed by atoms with Crippen molar-refractivity contribution in [3.63, 3.8) is 0 Å². The summed E-state index contributed by atoms with van der Waals surface area (Å²) in [7, 11) is 5.62. The molecule has 0 aliphatic rings. The van der Waals surface area contributed by atoms with Crippen LogP contribution in [-0.2, 0) is 0 Å². The van der Waals surface area contributed by atoms with Crippen LogP contribution in [0.2, 0.25) is 0 Å². The van der Waals surface area contributed by atoms with E-state index in [-0.39, 0.29) is 5.91 Å². The van der Waals surface area contributed by atoms with Gasteiger partial charge in [0.2, 0.25) is 0 Å². The lowest BCUT2D eigenvalue weighted by Crippen LogP contribution is -2.26. The first-order chi connectivity index (χ1) is 7.47. The molecule has 0 saturated heterocycles. The zero-order valence-electron chi connectivity index (χ0n) is 10.3. The van der Waals surface area contributed by atoms with E-state index < -0.39 is 0 Å². The third-order valence-electron chi connectivity index (χ3n) is 2.58. The molecule has 4 nitrogen and oxygen atoms in total. The van der Waals surface area contributed by atoms with Gasteiger partial charge in [-0.25, -0.2) is 0 Å². The molecule has 0 aliphatic heterocycles. The Morgan fingerprint density at radius 2 is 1.94 bits per heavy atom. The molecule has 0 saturated carbocycles. The highest BCUT2D eigenvalue weighted by Gasteiger charge is 2.11. The highest BCUT2D eigenvalue weighted by Crippen LogP contribution is 2.22. The summed E-state index contributed by atoms with van der Waals surface area (Å²) >= 11 is 0. The average Bonchev–Trinajstić information content (AvgIpc) is 2.26. The summed E-state index contributed by atoms with van der Waals surface area (Å²) in [5, 5.41) is 0. The summed E-state index contributed by atoms with van der Waals surface area (Å²) in [5.41, 5.74) is 8.07. The Hall–Kier alpha value is -1.71. The van der Waals surface area contributed by atoms with Crippen molar-refractivity contribution >= 4 is 17.3 Å². The maximum atomic E-state index is 11.9. The minimum absolute atomic E-state index is 0.000457. The van der Waals surface area contributed by atoms with Crippen LogP contribution in [0.5, 0.6) is 0 Å². The van der Waals surface area contributed by atoms with Gasteiger partial charge in [-0.15, -0.1) is 0 Å². The zero-order valence-corrected chi connectivity index (χ0v) is 10.3. The first kappa shape index (κ1) is 12.4. The fourth-order valence-electron chi connectivity index (χ4n) is 1.46. The molecule has 0 bridgehead atoms. The van der Waals surface area contributed by atoms with E-state index in [0.29, 0.717) is 17.8 Å². The Kier molecular flexibility index (Phi) is 3.77. The van der Waals surface area contributed by atoms with E-state index in [1.807, 2.05) is 32.0 Å². The smallest absolute Gasteiger partial charge is 0.253 e. The molecular formula is C12H19N3O. The van der Waals surface area contributed by atoms with Crippen LogP contribution in [0.25, 0.3) is 0 Å². The quantitative estimate of drug-likeness (QED) is 0.785. The Balaban J connectivity index is 3.02. The standard InChI is InChI=1S/C12H19N3O/c1-5-15(4)12(16)9-6-7-11(14(2)3)10(13)8-9/h6-8H,5,13H2,1-4H3. The van der Waals surface area contributed by atoms with Crippen LogP contribution in [0.1, 0.15) is 17.3 Å². The van der Waals surface area contributed by atoms with Crippen LogP contribution < -0.4 is 10.6 Å². The first-order valence-electron chi connectivity index (χ1n) is 5.29. The minimum Gasteiger partial charge on any atom is -0.397 e. The predicted octanol–water partition coefficient (Wildman–Crippen LogP) is 1.43. The molecular weight excluding hydrogens is 202 g/mol. The number of amides is 1. The monoisotopic (exact) mass is 221 g/mol. The summed E-state index contributed by atoms with van der Waals surface area (Å²) < 4.78 is 0. The maximum Gasteiger partial charge on any atom is 0.253 e. The second kappa shape index (κ2) is 4.88. The van der Waals surface area contributed by atoms with Crippen molar-refractivity contribution in [1.82, 2.24) is 4.90 Å². The van der Waals surface area contributed by atoms with Gasteiger partial charge in [0.15, 0.2) is 0 Å². The molecule has 88 valence electrons. The molecule has 0 radical (unpaired) electrons. The lowest BCUT2D eigenvalue weighted by Gasteiger charge is -2.18. The van der Waals surface area contributed by atoms with Crippen LogP contribution in [0.15, 0.2) is 18.2 Å². The van der Waals surface area contributed by atoms with Crippen molar-refractivity contribution in [2.24, 2.45) is 0 Å². The van der Waals surface area contributed by atoms with Gasteiger partial charge >= 0.3 is 0 Å². The van der Waals surface area contributed by atoms with Gasteiger partial charge in [0.1, 0.15) is 0 Å². The highest BCUT2D eigenvalue weighted by molar-refractivity contribution is 5.96. The van der Waals surface area contributed by atoms with Gasteiger partial charge in [0, 0.05) is 33.3 Å². The number of benzene rings is 1. The van der Waals surface area contributed by atoms with E-state index in [0.717, 1.165) is 5.69 Å². The van der Waals surface area contributed by atoms with E-state index in [2.05, 4.69) is 0 Å². The van der Waals surface area contributed by atoms with Gasteiger partial charge in [0.05, 0.1) is 11.4 Å². The van der Waals surface area contributed by atoms with E-state index in [4.69, 9.17) is 5.73 Å². The van der Waals surface area contributed by atoms with Crippen molar-refractivity contribution in [2.75, 3.05) is 38.3 Å². The fourth-order valence-corrected chi connectivity index (χ4v) is 1.46. The number of nitrogens with zero attached hydrogens (tertiary/aromatic N) is 2. The lowest BCUT2D eigenvalue weighted by molar-refractivity contribution is 0.0802. The number of nitrogen functional groups attached to an aromatic ring is 1. The van der Waals surface area contributed by atoms with Gasteiger partial charge in [-0.05, 0) is 25.1 Å². The number of rotatable bonds is 3. The topological polar surface area (TPSA) is 49.6 Å². The summed E-state index contributed by atoms with van der Waals surface area (Å²) in [5.74, 6) is -0.000457. The molecule has 0 aliphatic carbocycles. The van der Waals surface area contributed by atoms with Crippen LogP contribution in [0.4, 0.5) is 11.4 Å². The van der Waals surface area contributed by atoms with Gasteiger partial charge in [-0.3, -0.25) is 4.79 Å². The summed E-state index contributed by atoms with van der Waals surface area (Å²) in [6.07, 6.45) is 0. The highest BCUT2D eigenvalue weighted by atomic mass is 16.2. The van der Waals surface area contributed by atoms with Crippen LogP contribution >= 0.6 is 0 Å². The van der Waals surface area contributed by atoms with E-state index in [1.54, 1.807) is 24.1 Å². The van der Waals surface area contributed by atoms with E-state index in [1.165, 1.54) is 0 Å². The molecule has 1 rings (SSSR count). The normalized spacial score (nSPS) is 10.0. The lowest BCUT2D eigenvalue weighted by atomic mass is 10.1. The average molecular weight is 221 g/mol. The minimum atomic E-state index is -0.000457. The Morgan fingerprint density at radius 3 is 2.38 bits per heavy atom. The van der Waals surface area contributed by atoms with Crippen molar-refractivity contribution in [1.29, 1.82) is 0 Å². The van der Waals surface area contributed by atoms with Gasteiger partial charge in [-0.1, -0.05) is 0 Å². The number of hydrogen-bond acceptors (Lipinski definition) is 3. The van der Waals surface area contributed by atoms with Crippen LogP contribution in [0.3, 0.4) is 0 Å². The Bertz CT molecular complexity index is 388. The molecule has 1 amide bonds. The second-order valence-corrected chi connectivity index (χ2v) is 3.99. The van der Waals surface area contributed by atoms with Crippen molar-refractivity contribution in [3.05, 3.63) is 23.8 Å². The zero-order chi connectivity index (χ0) is 12.3. The largest absolute Gasteiger partial charge is 0.397 e. The first-order valence-corrected chi connectivity index (χ1v) is 5.29. The molecule has 1 aromatic rings.